The first-order valence-electron chi connectivity index (χ1n) is 10.8. The van der Waals surface area contributed by atoms with Gasteiger partial charge in [0.15, 0.2) is 6.10 Å². The zero-order valence-corrected chi connectivity index (χ0v) is 17.7. The molecule has 7 nitrogen and oxygen atoms in total. The number of ether oxygens (including phenoxy) is 1. The van der Waals surface area contributed by atoms with E-state index in [9.17, 15) is 9.59 Å². The van der Waals surface area contributed by atoms with Crippen LogP contribution in [-0.4, -0.2) is 42.6 Å². The van der Waals surface area contributed by atoms with Crippen LogP contribution in [0.5, 0.6) is 0 Å². The largest absolute Gasteiger partial charge is 0.452 e. The molecule has 0 spiro atoms. The molecule has 0 radical (unpaired) electrons. The maximum Gasteiger partial charge on any atom is 0.309 e. The standard InChI is InChI=1S/C24H26N4O3/c1-17(23(29)28-12-4-6-19-5-2-3-7-21(19)28)31-24(30)20-10-13-27(14-11-20)22-9-8-18(15-25)16-26-22/h2-3,5,7-9,16-17,20H,4,6,10-14H2,1H3. The molecule has 2 aromatic rings. The number of piperidine rings is 1. The lowest BCUT2D eigenvalue weighted by molar-refractivity contribution is -0.158. The maximum atomic E-state index is 13.0. The van der Waals surface area contributed by atoms with Gasteiger partial charge in [-0.2, -0.15) is 5.26 Å². The number of nitrogens with zero attached hydrogens (tertiary/aromatic N) is 4. The predicted molar refractivity (Wildman–Crippen MR) is 117 cm³/mol. The van der Waals surface area contributed by atoms with Crippen LogP contribution in [-0.2, 0) is 20.7 Å². The van der Waals surface area contributed by atoms with Crippen LogP contribution in [0.25, 0.3) is 0 Å². The predicted octanol–water partition coefficient (Wildman–Crippen LogP) is 3.08. The van der Waals surface area contributed by atoms with E-state index in [0.29, 0.717) is 38.0 Å². The number of fused-ring (bicyclic) bond motifs is 1. The van der Waals surface area contributed by atoms with Gasteiger partial charge in [0.1, 0.15) is 11.9 Å². The van der Waals surface area contributed by atoms with E-state index in [1.807, 2.05) is 30.3 Å². The van der Waals surface area contributed by atoms with E-state index in [1.54, 1.807) is 24.1 Å². The third-order valence-electron chi connectivity index (χ3n) is 6.05. The number of amides is 1. The van der Waals surface area contributed by atoms with Crippen LogP contribution in [0.3, 0.4) is 0 Å². The molecule has 4 rings (SSSR count). The molecule has 0 saturated carbocycles. The molecule has 7 heteroatoms. The molecule has 0 aliphatic carbocycles. The molecule has 2 aliphatic heterocycles. The molecule has 1 fully saturated rings. The van der Waals surface area contributed by atoms with Crippen molar-refractivity contribution in [1.82, 2.24) is 4.98 Å². The number of carbonyl (C=O) groups excluding carboxylic acids is 2. The van der Waals surface area contributed by atoms with Crippen LogP contribution < -0.4 is 9.80 Å². The molecule has 1 unspecified atom stereocenters. The number of esters is 1. The second kappa shape index (κ2) is 9.17. The van der Waals surface area contributed by atoms with Crippen molar-refractivity contribution >= 4 is 23.4 Å². The number of pyridine rings is 1. The van der Waals surface area contributed by atoms with Gasteiger partial charge in [0.25, 0.3) is 5.91 Å². The first-order chi connectivity index (χ1) is 15.1. The summed E-state index contributed by atoms with van der Waals surface area (Å²) >= 11 is 0. The summed E-state index contributed by atoms with van der Waals surface area (Å²) in [6.45, 7) is 3.67. The molecule has 1 aromatic heterocycles. The Morgan fingerprint density at radius 1 is 1.16 bits per heavy atom. The van der Waals surface area contributed by atoms with E-state index in [0.717, 1.165) is 29.9 Å². The number of carbonyl (C=O) groups is 2. The van der Waals surface area contributed by atoms with Crippen molar-refractivity contribution in [1.29, 1.82) is 5.26 Å². The van der Waals surface area contributed by atoms with Crippen molar-refractivity contribution < 1.29 is 14.3 Å². The maximum absolute atomic E-state index is 13.0. The molecular formula is C24H26N4O3. The van der Waals surface area contributed by atoms with Crippen molar-refractivity contribution in [3.05, 3.63) is 53.7 Å². The second-order valence-electron chi connectivity index (χ2n) is 8.08. The Morgan fingerprint density at radius 3 is 2.65 bits per heavy atom. The molecule has 31 heavy (non-hydrogen) atoms. The van der Waals surface area contributed by atoms with Gasteiger partial charge in [0.05, 0.1) is 11.5 Å². The number of benzene rings is 1. The number of rotatable bonds is 4. The van der Waals surface area contributed by atoms with E-state index in [4.69, 9.17) is 10.00 Å². The molecule has 3 heterocycles. The summed E-state index contributed by atoms with van der Waals surface area (Å²) in [6.07, 6.45) is 3.91. The number of anilines is 2. The van der Waals surface area contributed by atoms with Crippen molar-refractivity contribution in [3.8, 4) is 6.07 Å². The number of aryl methyl sites for hydroxylation is 1. The van der Waals surface area contributed by atoms with Gasteiger partial charge >= 0.3 is 5.97 Å². The SMILES string of the molecule is CC(OC(=O)C1CCN(c2ccc(C#N)cn2)CC1)C(=O)N1CCCc2ccccc21. The Morgan fingerprint density at radius 2 is 1.94 bits per heavy atom. The average Bonchev–Trinajstić information content (AvgIpc) is 2.83. The fourth-order valence-corrected chi connectivity index (χ4v) is 4.29. The van der Waals surface area contributed by atoms with Gasteiger partial charge in [0, 0.05) is 31.5 Å². The Hall–Kier alpha value is -3.40. The van der Waals surface area contributed by atoms with E-state index >= 15 is 0 Å². The summed E-state index contributed by atoms with van der Waals surface area (Å²) in [5.41, 5.74) is 2.60. The molecular weight excluding hydrogens is 392 g/mol. The Kier molecular flexibility index (Phi) is 6.17. The minimum atomic E-state index is -0.808. The number of para-hydroxylation sites is 1. The van der Waals surface area contributed by atoms with Crippen LogP contribution in [0.4, 0.5) is 11.5 Å². The smallest absolute Gasteiger partial charge is 0.309 e. The average molecular weight is 418 g/mol. The van der Waals surface area contributed by atoms with Crippen molar-refractivity contribution in [2.75, 3.05) is 29.4 Å². The van der Waals surface area contributed by atoms with Gasteiger partial charge in [-0.05, 0) is 56.4 Å². The van der Waals surface area contributed by atoms with Gasteiger partial charge in [0.2, 0.25) is 0 Å². The number of hydrogen-bond acceptors (Lipinski definition) is 6. The fourth-order valence-electron chi connectivity index (χ4n) is 4.29. The molecule has 160 valence electrons. The monoisotopic (exact) mass is 418 g/mol. The topological polar surface area (TPSA) is 86.5 Å². The van der Waals surface area contributed by atoms with E-state index in [2.05, 4.69) is 16.0 Å². The zero-order valence-electron chi connectivity index (χ0n) is 17.7. The highest BCUT2D eigenvalue weighted by atomic mass is 16.5. The summed E-state index contributed by atoms with van der Waals surface area (Å²) in [6, 6.07) is 13.5. The van der Waals surface area contributed by atoms with Crippen molar-refractivity contribution in [3.63, 3.8) is 0 Å². The van der Waals surface area contributed by atoms with Crippen LogP contribution in [0.2, 0.25) is 0 Å². The van der Waals surface area contributed by atoms with Gasteiger partial charge < -0.3 is 14.5 Å². The first-order valence-corrected chi connectivity index (χ1v) is 10.8. The van der Waals surface area contributed by atoms with Gasteiger partial charge in [-0.3, -0.25) is 9.59 Å². The second-order valence-corrected chi connectivity index (χ2v) is 8.08. The lowest BCUT2D eigenvalue weighted by atomic mass is 9.97. The zero-order chi connectivity index (χ0) is 21.8. The normalized spacial score (nSPS) is 17.4. The lowest BCUT2D eigenvalue weighted by Gasteiger charge is -2.33. The summed E-state index contributed by atoms with van der Waals surface area (Å²) in [5, 5.41) is 8.90. The van der Waals surface area contributed by atoms with Gasteiger partial charge in [-0.25, -0.2) is 4.98 Å². The quantitative estimate of drug-likeness (QED) is 0.709. The highest BCUT2D eigenvalue weighted by Crippen LogP contribution is 2.28. The highest BCUT2D eigenvalue weighted by Gasteiger charge is 2.32. The molecule has 1 atom stereocenters. The van der Waals surface area contributed by atoms with E-state index in [-0.39, 0.29) is 17.8 Å². The number of aromatic nitrogens is 1. The minimum Gasteiger partial charge on any atom is -0.452 e. The Bertz CT molecular complexity index is 991. The van der Waals surface area contributed by atoms with E-state index in [1.165, 1.54) is 0 Å². The first kappa shape index (κ1) is 20.9. The Labute approximate surface area is 182 Å². The van der Waals surface area contributed by atoms with Crippen LogP contribution in [0.1, 0.15) is 37.3 Å². The van der Waals surface area contributed by atoms with Crippen molar-refractivity contribution in [2.24, 2.45) is 5.92 Å². The Balaban J connectivity index is 1.32. The highest BCUT2D eigenvalue weighted by molar-refractivity contribution is 5.98. The van der Waals surface area contributed by atoms with Crippen LogP contribution >= 0.6 is 0 Å². The number of hydrogen-bond donors (Lipinski definition) is 0. The van der Waals surface area contributed by atoms with E-state index < -0.39 is 6.10 Å². The third kappa shape index (κ3) is 4.53. The summed E-state index contributed by atoms with van der Waals surface area (Å²) in [7, 11) is 0. The molecule has 0 N–H and O–H groups in total. The molecule has 0 bridgehead atoms. The molecule has 1 amide bonds. The summed E-state index contributed by atoms with van der Waals surface area (Å²) in [4.78, 5) is 33.9. The fraction of sp³-hybridized carbons (Fsp3) is 0.417. The molecule has 1 saturated heterocycles. The molecule has 2 aliphatic rings. The molecule has 1 aromatic carbocycles. The van der Waals surface area contributed by atoms with Crippen molar-refractivity contribution in [2.45, 2.75) is 38.7 Å². The van der Waals surface area contributed by atoms with Crippen LogP contribution in [0.15, 0.2) is 42.6 Å². The van der Waals surface area contributed by atoms with Crippen LogP contribution in [0, 0.1) is 17.2 Å². The minimum absolute atomic E-state index is 0.167. The summed E-state index contributed by atoms with van der Waals surface area (Å²) < 4.78 is 5.59. The summed E-state index contributed by atoms with van der Waals surface area (Å²) in [5.74, 6) is 0.106. The van der Waals surface area contributed by atoms with Gasteiger partial charge in [-0.15, -0.1) is 0 Å². The third-order valence-corrected chi connectivity index (χ3v) is 6.05. The number of nitriles is 1. The lowest BCUT2D eigenvalue weighted by Crippen LogP contribution is -2.44. The van der Waals surface area contributed by atoms with Gasteiger partial charge in [-0.1, -0.05) is 18.2 Å².